The summed E-state index contributed by atoms with van der Waals surface area (Å²) in [6.45, 7) is 3.40. The number of aromatic hydroxyl groups is 1. The van der Waals surface area contributed by atoms with E-state index < -0.39 is 0 Å². The van der Waals surface area contributed by atoms with Gasteiger partial charge < -0.3 is 26.3 Å². The largest absolute Gasteiger partial charge is 0.508 e. The maximum Gasteiger partial charge on any atom is 0.254 e. The highest BCUT2D eigenvalue weighted by Gasteiger charge is 2.21. The van der Waals surface area contributed by atoms with Crippen molar-refractivity contribution < 1.29 is 19.9 Å². The minimum Gasteiger partial charge on any atom is -0.508 e. The Morgan fingerprint density at radius 1 is 1.17 bits per heavy atom. The maximum atomic E-state index is 12.6. The zero-order valence-electron chi connectivity index (χ0n) is 16.2. The van der Waals surface area contributed by atoms with Crippen molar-refractivity contribution in [1.29, 1.82) is 0 Å². The van der Waals surface area contributed by atoms with Crippen LogP contribution in [0, 0.1) is 6.92 Å². The van der Waals surface area contributed by atoms with Crippen molar-refractivity contribution in [3.05, 3.63) is 58.7 Å². The Morgan fingerprint density at radius 2 is 1.90 bits per heavy atom. The van der Waals surface area contributed by atoms with Gasteiger partial charge in [-0.25, -0.2) is 0 Å². The minimum absolute atomic E-state index is 0.0164. The van der Waals surface area contributed by atoms with Crippen LogP contribution >= 0.6 is 0 Å². The van der Waals surface area contributed by atoms with Gasteiger partial charge in [-0.2, -0.15) is 0 Å². The molecular formula is C21H24N4O4. The third-order valence-electron chi connectivity index (χ3n) is 4.97. The number of amidine groups is 1. The first kappa shape index (κ1) is 20.2. The normalized spacial score (nSPS) is 14.1. The SMILES string of the molecule is Cc1cc(NC(=O)Cc2cc(/C(N)=N/O)ccc2O)ccc1C(=O)N1CCCC1. The second kappa shape index (κ2) is 8.64. The van der Waals surface area contributed by atoms with Crippen molar-refractivity contribution in [3.63, 3.8) is 0 Å². The van der Waals surface area contributed by atoms with Gasteiger partial charge in [0.1, 0.15) is 5.75 Å². The molecule has 0 saturated carbocycles. The molecular weight excluding hydrogens is 372 g/mol. The summed E-state index contributed by atoms with van der Waals surface area (Å²) in [7, 11) is 0. The number of aryl methyl sites for hydroxylation is 1. The smallest absolute Gasteiger partial charge is 0.254 e. The first-order valence-corrected chi connectivity index (χ1v) is 9.38. The Hall–Kier alpha value is -3.55. The number of rotatable bonds is 5. The summed E-state index contributed by atoms with van der Waals surface area (Å²) in [5, 5.41) is 24.4. The molecule has 0 aromatic heterocycles. The summed E-state index contributed by atoms with van der Waals surface area (Å²) in [5.74, 6) is -0.490. The van der Waals surface area contributed by atoms with Crippen molar-refractivity contribution in [2.45, 2.75) is 26.2 Å². The summed E-state index contributed by atoms with van der Waals surface area (Å²) in [6, 6.07) is 9.55. The molecule has 152 valence electrons. The van der Waals surface area contributed by atoms with Crippen LogP contribution in [0.2, 0.25) is 0 Å². The van der Waals surface area contributed by atoms with Gasteiger partial charge in [0, 0.05) is 35.5 Å². The highest BCUT2D eigenvalue weighted by Crippen LogP contribution is 2.22. The molecule has 5 N–H and O–H groups in total. The van der Waals surface area contributed by atoms with Crippen LogP contribution in [-0.4, -0.2) is 46.0 Å². The summed E-state index contributed by atoms with van der Waals surface area (Å²) in [5.41, 5.74) is 8.29. The van der Waals surface area contributed by atoms with E-state index >= 15 is 0 Å². The third kappa shape index (κ3) is 4.66. The Labute approximate surface area is 168 Å². The average molecular weight is 396 g/mol. The fraction of sp³-hybridized carbons (Fsp3) is 0.286. The molecule has 8 heteroatoms. The highest BCUT2D eigenvalue weighted by molar-refractivity contribution is 5.99. The van der Waals surface area contributed by atoms with E-state index in [0.717, 1.165) is 31.5 Å². The number of likely N-dealkylation sites (tertiary alicyclic amines) is 1. The maximum absolute atomic E-state index is 12.6. The standard InChI is InChI=1S/C21H24N4O4/c1-13-10-16(5-6-17(13)21(28)25-8-2-3-9-25)23-19(27)12-15-11-14(20(22)24-29)4-7-18(15)26/h4-7,10-11,26,29H,2-3,8-9,12H2,1H3,(H2,22,24)(H,23,27). The Kier molecular flexibility index (Phi) is 6.01. The van der Waals surface area contributed by atoms with E-state index in [1.165, 1.54) is 18.2 Å². The number of nitrogens with two attached hydrogens (primary N) is 1. The molecule has 2 aromatic rings. The van der Waals surface area contributed by atoms with Gasteiger partial charge in [0.25, 0.3) is 5.91 Å². The average Bonchev–Trinajstić information content (AvgIpc) is 3.23. The molecule has 0 atom stereocenters. The van der Waals surface area contributed by atoms with Crippen molar-refractivity contribution >= 4 is 23.3 Å². The molecule has 29 heavy (non-hydrogen) atoms. The van der Waals surface area contributed by atoms with Gasteiger partial charge in [-0.05, 0) is 61.7 Å². The van der Waals surface area contributed by atoms with Crippen LogP contribution in [-0.2, 0) is 11.2 Å². The van der Waals surface area contributed by atoms with E-state index in [-0.39, 0.29) is 29.8 Å². The molecule has 1 aliphatic heterocycles. The molecule has 0 bridgehead atoms. The van der Waals surface area contributed by atoms with Gasteiger partial charge in [0.2, 0.25) is 5.91 Å². The Morgan fingerprint density at radius 3 is 2.55 bits per heavy atom. The number of oxime groups is 1. The minimum atomic E-state index is -0.338. The fourth-order valence-electron chi connectivity index (χ4n) is 3.39. The highest BCUT2D eigenvalue weighted by atomic mass is 16.4. The quantitative estimate of drug-likeness (QED) is 0.267. The molecule has 0 spiro atoms. The molecule has 3 rings (SSSR count). The van der Waals surface area contributed by atoms with Gasteiger partial charge in [-0.1, -0.05) is 5.16 Å². The molecule has 0 aliphatic carbocycles. The third-order valence-corrected chi connectivity index (χ3v) is 4.97. The van der Waals surface area contributed by atoms with Crippen LogP contribution < -0.4 is 11.1 Å². The monoisotopic (exact) mass is 396 g/mol. The van der Waals surface area contributed by atoms with Crippen LogP contribution in [0.15, 0.2) is 41.6 Å². The number of carbonyl (C=O) groups is 2. The van der Waals surface area contributed by atoms with Gasteiger partial charge in [0.05, 0.1) is 6.42 Å². The molecule has 8 nitrogen and oxygen atoms in total. The number of hydrogen-bond donors (Lipinski definition) is 4. The number of nitrogens with one attached hydrogen (secondary N) is 1. The molecule has 2 amide bonds. The van der Waals surface area contributed by atoms with Gasteiger partial charge in [-0.3, -0.25) is 9.59 Å². The Balaban J connectivity index is 1.70. The van der Waals surface area contributed by atoms with Gasteiger partial charge in [-0.15, -0.1) is 0 Å². The summed E-state index contributed by atoms with van der Waals surface area (Å²) in [4.78, 5) is 26.8. The first-order valence-electron chi connectivity index (χ1n) is 9.38. The first-order chi connectivity index (χ1) is 13.9. The number of phenols is 1. The van der Waals surface area contributed by atoms with E-state index in [1.807, 2.05) is 11.8 Å². The fourth-order valence-corrected chi connectivity index (χ4v) is 3.39. The number of hydrogen-bond acceptors (Lipinski definition) is 5. The van der Waals surface area contributed by atoms with E-state index in [4.69, 9.17) is 10.9 Å². The van der Waals surface area contributed by atoms with E-state index in [1.54, 1.807) is 18.2 Å². The lowest BCUT2D eigenvalue weighted by molar-refractivity contribution is -0.115. The number of nitrogens with zero attached hydrogens (tertiary/aromatic N) is 2. The van der Waals surface area contributed by atoms with Crippen molar-refractivity contribution in [1.82, 2.24) is 4.90 Å². The van der Waals surface area contributed by atoms with Crippen LogP contribution in [0.25, 0.3) is 0 Å². The predicted molar refractivity (Wildman–Crippen MR) is 109 cm³/mol. The van der Waals surface area contributed by atoms with E-state index in [9.17, 15) is 14.7 Å². The number of phenolic OH excluding ortho intramolecular Hbond substituents is 1. The lowest BCUT2D eigenvalue weighted by Gasteiger charge is -2.17. The second-order valence-electron chi connectivity index (χ2n) is 7.08. The molecule has 2 aromatic carbocycles. The topological polar surface area (TPSA) is 128 Å². The number of carbonyl (C=O) groups excluding carboxylic acids is 2. The van der Waals surface area contributed by atoms with Crippen LogP contribution in [0.4, 0.5) is 5.69 Å². The van der Waals surface area contributed by atoms with Gasteiger partial charge in [0.15, 0.2) is 5.84 Å². The molecule has 1 heterocycles. The lowest BCUT2D eigenvalue weighted by Crippen LogP contribution is -2.28. The molecule has 0 unspecified atom stereocenters. The number of benzene rings is 2. The molecule has 0 radical (unpaired) electrons. The predicted octanol–water partition coefficient (Wildman–Crippen LogP) is 2.21. The van der Waals surface area contributed by atoms with Crippen LogP contribution in [0.1, 0.15) is 39.9 Å². The second-order valence-corrected chi connectivity index (χ2v) is 7.08. The number of anilines is 1. The lowest BCUT2D eigenvalue weighted by atomic mass is 10.0. The molecule has 1 saturated heterocycles. The zero-order chi connectivity index (χ0) is 21.0. The van der Waals surface area contributed by atoms with Crippen molar-refractivity contribution in [2.75, 3.05) is 18.4 Å². The zero-order valence-corrected chi connectivity index (χ0v) is 16.2. The molecule has 1 aliphatic rings. The van der Waals surface area contributed by atoms with E-state index in [2.05, 4.69) is 10.5 Å². The van der Waals surface area contributed by atoms with Crippen molar-refractivity contribution in [3.8, 4) is 5.75 Å². The van der Waals surface area contributed by atoms with Gasteiger partial charge >= 0.3 is 0 Å². The van der Waals surface area contributed by atoms with E-state index in [0.29, 0.717) is 22.4 Å². The van der Waals surface area contributed by atoms with Crippen molar-refractivity contribution in [2.24, 2.45) is 10.9 Å². The van der Waals surface area contributed by atoms with Crippen LogP contribution in [0.5, 0.6) is 5.75 Å². The summed E-state index contributed by atoms with van der Waals surface area (Å²) < 4.78 is 0. The summed E-state index contributed by atoms with van der Waals surface area (Å²) >= 11 is 0. The Bertz CT molecular complexity index is 965. The van der Waals surface area contributed by atoms with Crippen LogP contribution in [0.3, 0.4) is 0 Å². The number of amides is 2. The molecule has 1 fully saturated rings. The summed E-state index contributed by atoms with van der Waals surface area (Å²) in [6.07, 6.45) is 1.97.